The fourth-order valence-electron chi connectivity index (χ4n) is 1.38. The molecule has 0 aliphatic carbocycles. The standard InChI is InChI=1S/C12H18N2O3/c1-8(2)5-4-6-17-12-13-7-10(11(15)16)9(3)14-12/h7-8H,4-6H2,1-3H3,(H,15,16). The van der Waals surface area contributed by atoms with Gasteiger partial charge in [-0.25, -0.2) is 9.78 Å². The van der Waals surface area contributed by atoms with E-state index in [-0.39, 0.29) is 11.6 Å². The third-order valence-corrected chi connectivity index (χ3v) is 2.34. The van der Waals surface area contributed by atoms with Crippen molar-refractivity contribution in [3.63, 3.8) is 0 Å². The minimum absolute atomic E-state index is 0.111. The van der Waals surface area contributed by atoms with Crippen LogP contribution in [0.25, 0.3) is 0 Å². The zero-order valence-corrected chi connectivity index (χ0v) is 10.4. The third-order valence-electron chi connectivity index (χ3n) is 2.34. The molecule has 0 fully saturated rings. The van der Waals surface area contributed by atoms with E-state index in [4.69, 9.17) is 9.84 Å². The number of ether oxygens (including phenoxy) is 1. The van der Waals surface area contributed by atoms with Crippen LogP contribution >= 0.6 is 0 Å². The van der Waals surface area contributed by atoms with Gasteiger partial charge in [0.1, 0.15) is 0 Å². The van der Waals surface area contributed by atoms with E-state index in [9.17, 15) is 4.79 Å². The molecule has 0 spiro atoms. The summed E-state index contributed by atoms with van der Waals surface area (Å²) < 4.78 is 5.36. The normalized spacial score (nSPS) is 10.6. The van der Waals surface area contributed by atoms with Crippen LogP contribution in [0, 0.1) is 12.8 Å². The van der Waals surface area contributed by atoms with Gasteiger partial charge in [0.25, 0.3) is 0 Å². The Hall–Kier alpha value is -1.65. The number of hydrogen-bond acceptors (Lipinski definition) is 4. The molecule has 1 rings (SSSR count). The molecule has 0 atom stereocenters. The maximum Gasteiger partial charge on any atom is 0.339 e. The summed E-state index contributed by atoms with van der Waals surface area (Å²) in [7, 11) is 0. The zero-order valence-electron chi connectivity index (χ0n) is 10.4. The van der Waals surface area contributed by atoms with E-state index in [2.05, 4.69) is 23.8 Å². The SMILES string of the molecule is Cc1nc(OCCCC(C)C)ncc1C(=O)O. The van der Waals surface area contributed by atoms with Crippen molar-refractivity contribution >= 4 is 5.97 Å². The minimum atomic E-state index is -1.02. The van der Waals surface area contributed by atoms with Gasteiger partial charge in [-0.2, -0.15) is 4.98 Å². The molecule has 94 valence electrons. The van der Waals surface area contributed by atoms with Gasteiger partial charge in [0.2, 0.25) is 0 Å². The molecule has 0 amide bonds. The Morgan fingerprint density at radius 3 is 2.76 bits per heavy atom. The maximum atomic E-state index is 10.7. The van der Waals surface area contributed by atoms with Gasteiger partial charge >= 0.3 is 12.0 Å². The topological polar surface area (TPSA) is 72.3 Å². The molecule has 1 N–H and O–H groups in total. The molecule has 17 heavy (non-hydrogen) atoms. The van der Waals surface area contributed by atoms with Crippen LogP contribution in [0.2, 0.25) is 0 Å². The van der Waals surface area contributed by atoms with E-state index >= 15 is 0 Å². The average molecular weight is 238 g/mol. The molecule has 0 saturated carbocycles. The molecule has 0 bridgehead atoms. The Labute approximate surface area is 101 Å². The van der Waals surface area contributed by atoms with Crippen LogP contribution in [-0.2, 0) is 0 Å². The lowest BCUT2D eigenvalue weighted by atomic mass is 10.1. The van der Waals surface area contributed by atoms with Crippen LogP contribution in [0.4, 0.5) is 0 Å². The monoisotopic (exact) mass is 238 g/mol. The second kappa shape index (κ2) is 6.18. The molecule has 0 unspecified atom stereocenters. The fourth-order valence-corrected chi connectivity index (χ4v) is 1.38. The maximum absolute atomic E-state index is 10.7. The first-order valence-electron chi connectivity index (χ1n) is 5.70. The lowest BCUT2D eigenvalue weighted by molar-refractivity contribution is 0.0695. The molecular weight excluding hydrogens is 220 g/mol. The highest BCUT2D eigenvalue weighted by molar-refractivity contribution is 5.88. The number of aromatic nitrogens is 2. The summed E-state index contributed by atoms with van der Waals surface area (Å²) >= 11 is 0. The van der Waals surface area contributed by atoms with Crippen LogP contribution in [0.1, 0.15) is 42.7 Å². The first kappa shape index (κ1) is 13.4. The second-order valence-corrected chi connectivity index (χ2v) is 4.34. The van der Waals surface area contributed by atoms with E-state index in [1.54, 1.807) is 6.92 Å². The number of rotatable bonds is 6. The average Bonchev–Trinajstić information content (AvgIpc) is 2.23. The number of carboxylic acid groups (broad SMARTS) is 1. The smallest absolute Gasteiger partial charge is 0.339 e. The zero-order chi connectivity index (χ0) is 12.8. The Balaban J connectivity index is 2.50. The predicted octanol–water partition coefficient (Wildman–Crippen LogP) is 2.30. The van der Waals surface area contributed by atoms with Crippen LogP contribution in [0.15, 0.2) is 6.20 Å². The van der Waals surface area contributed by atoms with Gasteiger partial charge in [0, 0.05) is 6.20 Å². The van der Waals surface area contributed by atoms with Gasteiger partial charge in [-0.3, -0.25) is 0 Å². The predicted molar refractivity (Wildman–Crippen MR) is 63.3 cm³/mol. The van der Waals surface area contributed by atoms with Crippen LogP contribution in [0.3, 0.4) is 0 Å². The Morgan fingerprint density at radius 1 is 1.53 bits per heavy atom. The number of aryl methyl sites for hydroxylation is 1. The summed E-state index contributed by atoms with van der Waals surface area (Å²) in [6, 6.07) is 0.247. The van der Waals surface area contributed by atoms with E-state index in [0.29, 0.717) is 18.2 Å². The van der Waals surface area contributed by atoms with E-state index in [0.717, 1.165) is 12.8 Å². The molecule has 0 aliphatic rings. The largest absolute Gasteiger partial charge is 0.478 e. The Morgan fingerprint density at radius 2 is 2.24 bits per heavy atom. The number of nitrogens with zero attached hydrogens (tertiary/aromatic N) is 2. The summed E-state index contributed by atoms with van der Waals surface area (Å²) in [6.07, 6.45) is 3.31. The van der Waals surface area contributed by atoms with E-state index < -0.39 is 5.97 Å². The summed E-state index contributed by atoms with van der Waals surface area (Å²) in [5.74, 6) is -0.371. The first-order valence-corrected chi connectivity index (χ1v) is 5.70. The summed E-state index contributed by atoms with van der Waals surface area (Å²) in [4.78, 5) is 18.6. The minimum Gasteiger partial charge on any atom is -0.478 e. The molecule has 0 radical (unpaired) electrons. The molecule has 5 nitrogen and oxygen atoms in total. The van der Waals surface area contributed by atoms with Gasteiger partial charge in [-0.1, -0.05) is 13.8 Å². The highest BCUT2D eigenvalue weighted by atomic mass is 16.5. The van der Waals surface area contributed by atoms with Crippen molar-refractivity contribution in [1.82, 2.24) is 9.97 Å². The lowest BCUT2D eigenvalue weighted by Crippen LogP contribution is -2.07. The van der Waals surface area contributed by atoms with Crippen molar-refractivity contribution in [3.8, 4) is 6.01 Å². The van der Waals surface area contributed by atoms with Crippen molar-refractivity contribution in [3.05, 3.63) is 17.5 Å². The van der Waals surface area contributed by atoms with E-state index in [1.807, 2.05) is 0 Å². The van der Waals surface area contributed by atoms with Gasteiger partial charge in [0.15, 0.2) is 0 Å². The third kappa shape index (κ3) is 4.38. The second-order valence-electron chi connectivity index (χ2n) is 4.34. The molecule has 5 heteroatoms. The quantitative estimate of drug-likeness (QED) is 0.770. The van der Waals surface area contributed by atoms with Crippen LogP contribution < -0.4 is 4.74 Å². The van der Waals surface area contributed by atoms with E-state index in [1.165, 1.54) is 6.20 Å². The van der Waals surface area contributed by atoms with Gasteiger partial charge < -0.3 is 9.84 Å². The number of aromatic carboxylic acids is 1. The number of carboxylic acids is 1. The van der Waals surface area contributed by atoms with Crippen molar-refractivity contribution in [2.75, 3.05) is 6.61 Å². The molecule has 0 aromatic carbocycles. The van der Waals surface area contributed by atoms with Crippen molar-refractivity contribution in [2.45, 2.75) is 33.6 Å². The van der Waals surface area contributed by atoms with Crippen molar-refractivity contribution in [2.24, 2.45) is 5.92 Å². The first-order chi connectivity index (χ1) is 8.00. The molecule has 0 saturated heterocycles. The molecule has 1 aromatic heterocycles. The molecule has 1 aromatic rings. The number of carbonyl (C=O) groups is 1. The Kier molecular flexibility index (Phi) is 4.87. The highest BCUT2D eigenvalue weighted by Gasteiger charge is 2.10. The van der Waals surface area contributed by atoms with Crippen molar-refractivity contribution in [1.29, 1.82) is 0 Å². The summed E-state index contributed by atoms with van der Waals surface area (Å²) in [5.41, 5.74) is 0.533. The summed E-state index contributed by atoms with van der Waals surface area (Å²) in [6.45, 7) is 6.50. The fraction of sp³-hybridized carbons (Fsp3) is 0.583. The van der Waals surface area contributed by atoms with Crippen molar-refractivity contribution < 1.29 is 14.6 Å². The number of hydrogen-bond donors (Lipinski definition) is 1. The van der Waals surface area contributed by atoms with Gasteiger partial charge in [-0.05, 0) is 25.7 Å². The van der Waals surface area contributed by atoms with Crippen LogP contribution in [0.5, 0.6) is 6.01 Å². The lowest BCUT2D eigenvalue weighted by Gasteiger charge is -2.07. The molecule has 0 aliphatic heterocycles. The summed E-state index contributed by atoms with van der Waals surface area (Å²) in [5, 5.41) is 8.81. The van der Waals surface area contributed by atoms with Gasteiger partial charge in [0.05, 0.1) is 17.9 Å². The highest BCUT2D eigenvalue weighted by Crippen LogP contribution is 2.10. The molecular formula is C12H18N2O3. The molecule has 1 heterocycles. The Bertz CT molecular complexity index is 391. The van der Waals surface area contributed by atoms with Gasteiger partial charge in [-0.15, -0.1) is 0 Å². The van der Waals surface area contributed by atoms with Crippen LogP contribution in [-0.4, -0.2) is 27.7 Å².